The van der Waals surface area contributed by atoms with Gasteiger partial charge in [-0.15, -0.1) is 0 Å². The van der Waals surface area contributed by atoms with Crippen LogP contribution in [0, 0.1) is 0 Å². The van der Waals surface area contributed by atoms with Gasteiger partial charge in [0.2, 0.25) is 0 Å². The molecule has 2 heterocycles. The summed E-state index contributed by atoms with van der Waals surface area (Å²) in [6, 6.07) is 14.8. The molecule has 0 radical (unpaired) electrons. The third-order valence-corrected chi connectivity index (χ3v) is 5.88. The van der Waals surface area contributed by atoms with E-state index in [0.29, 0.717) is 40.3 Å². The Morgan fingerprint density at radius 2 is 1.79 bits per heavy atom. The Kier molecular flexibility index (Phi) is 7.05. The van der Waals surface area contributed by atoms with Gasteiger partial charge in [-0.2, -0.15) is 0 Å². The number of halogens is 2. The average Bonchev–Trinajstić information content (AvgIpc) is 3.25. The minimum atomic E-state index is -0.778. The lowest BCUT2D eigenvalue weighted by atomic mass is 10.1. The third kappa shape index (κ3) is 5.00. The second kappa shape index (κ2) is 10.2. The Morgan fingerprint density at radius 1 is 1.03 bits per heavy atom. The van der Waals surface area contributed by atoms with Crippen molar-refractivity contribution in [3.05, 3.63) is 87.7 Å². The fraction of sp³-hybridized carbons (Fsp3) is 0.160. The smallest absolute Gasteiger partial charge is 0.335 e. The van der Waals surface area contributed by atoms with Crippen LogP contribution in [0.4, 0.5) is 10.5 Å². The van der Waals surface area contributed by atoms with Gasteiger partial charge >= 0.3 is 6.03 Å². The van der Waals surface area contributed by atoms with E-state index in [-0.39, 0.29) is 5.57 Å². The van der Waals surface area contributed by atoms with Crippen molar-refractivity contribution in [2.24, 2.45) is 0 Å². The third-order valence-electron chi connectivity index (χ3n) is 5.35. The maximum Gasteiger partial charge on any atom is 0.335 e. The lowest BCUT2D eigenvalue weighted by molar-refractivity contribution is -0.122. The molecule has 7 nitrogen and oxygen atoms in total. The minimum Gasteiger partial charge on any atom is -0.490 e. The van der Waals surface area contributed by atoms with E-state index >= 15 is 0 Å². The molecule has 0 aliphatic carbocycles. The van der Waals surface area contributed by atoms with Crippen LogP contribution in [0.5, 0.6) is 5.75 Å². The predicted octanol–water partition coefficient (Wildman–Crippen LogP) is 5.10. The fourth-order valence-electron chi connectivity index (χ4n) is 3.53. The lowest BCUT2D eigenvalue weighted by Crippen LogP contribution is -2.54. The molecule has 0 bridgehead atoms. The summed E-state index contributed by atoms with van der Waals surface area (Å²) in [6.07, 6.45) is 4.10. The van der Waals surface area contributed by atoms with Gasteiger partial charge in [-0.1, -0.05) is 42.3 Å². The van der Waals surface area contributed by atoms with Crippen LogP contribution in [0.1, 0.15) is 18.2 Å². The number of carbonyl (C=O) groups excluding carboxylic acids is 3. The van der Waals surface area contributed by atoms with E-state index in [1.807, 2.05) is 23.6 Å². The molecule has 1 saturated heterocycles. The first-order valence-corrected chi connectivity index (χ1v) is 11.4. The number of amides is 4. The predicted molar refractivity (Wildman–Crippen MR) is 131 cm³/mol. The first-order valence-electron chi connectivity index (χ1n) is 10.6. The van der Waals surface area contributed by atoms with Crippen LogP contribution in [-0.2, 0) is 22.6 Å². The van der Waals surface area contributed by atoms with Gasteiger partial charge in [0.1, 0.15) is 17.9 Å². The van der Waals surface area contributed by atoms with Crippen LogP contribution < -0.4 is 15.0 Å². The molecule has 2 aromatic carbocycles. The Hall–Kier alpha value is -3.55. The number of hydrogen-bond donors (Lipinski definition) is 1. The molecule has 34 heavy (non-hydrogen) atoms. The summed E-state index contributed by atoms with van der Waals surface area (Å²) >= 11 is 12.0. The number of aryl methyl sites for hydroxylation is 1. The fourth-order valence-corrected chi connectivity index (χ4v) is 3.99. The van der Waals surface area contributed by atoms with E-state index < -0.39 is 17.8 Å². The maximum atomic E-state index is 13.1. The Morgan fingerprint density at radius 3 is 2.50 bits per heavy atom. The van der Waals surface area contributed by atoms with Crippen LogP contribution in [0.25, 0.3) is 6.08 Å². The van der Waals surface area contributed by atoms with E-state index in [4.69, 9.17) is 27.9 Å². The van der Waals surface area contributed by atoms with Crippen LogP contribution in [0.3, 0.4) is 0 Å². The van der Waals surface area contributed by atoms with Crippen LogP contribution in [0.2, 0.25) is 10.0 Å². The van der Waals surface area contributed by atoms with Crippen molar-refractivity contribution in [3.8, 4) is 5.75 Å². The molecule has 4 amide bonds. The van der Waals surface area contributed by atoms with Crippen molar-refractivity contribution in [1.29, 1.82) is 0 Å². The number of carbonyl (C=O) groups is 3. The number of nitrogens with zero attached hydrogens (tertiary/aromatic N) is 2. The summed E-state index contributed by atoms with van der Waals surface area (Å²) < 4.78 is 7.56. The van der Waals surface area contributed by atoms with Gasteiger partial charge in [0.25, 0.3) is 11.8 Å². The Labute approximate surface area is 206 Å². The summed E-state index contributed by atoms with van der Waals surface area (Å²) in [5, 5.41) is 3.16. The number of anilines is 1. The summed E-state index contributed by atoms with van der Waals surface area (Å²) in [4.78, 5) is 39.0. The molecule has 1 N–H and O–H groups in total. The number of hydrogen-bond acceptors (Lipinski definition) is 4. The molecule has 1 aliphatic rings. The first-order chi connectivity index (χ1) is 16.4. The van der Waals surface area contributed by atoms with Crippen LogP contribution in [0.15, 0.2) is 66.4 Å². The number of aromatic nitrogens is 1. The molecule has 1 aromatic heterocycles. The van der Waals surface area contributed by atoms with E-state index in [2.05, 4.69) is 5.32 Å². The normalized spacial score (nSPS) is 15.1. The Balaban J connectivity index is 1.52. The number of ether oxygens (including phenoxy) is 1. The number of nitrogens with one attached hydrogen (secondary N) is 1. The molecule has 174 valence electrons. The SMILES string of the molecule is CCc1ccc(N2C(=O)NC(=O)/C(=C\c3cccn3CCOc3ccc(Cl)cc3Cl)C2=O)cc1. The summed E-state index contributed by atoms with van der Waals surface area (Å²) in [6.45, 7) is 2.74. The molecule has 0 spiro atoms. The van der Waals surface area contributed by atoms with Crippen molar-refractivity contribution >= 4 is 52.8 Å². The van der Waals surface area contributed by atoms with Gasteiger partial charge in [0.05, 0.1) is 17.3 Å². The molecule has 4 rings (SSSR count). The highest BCUT2D eigenvalue weighted by Crippen LogP contribution is 2.27. The number of benzene rings is 2. The second-order valence-electron chi connectivity index (χ2n) is 7.53. The van der Waals surface area contributed by atoms with Crippen LogP contribution >= 0.6 is 23.2 Å². The zero-order valence-electron chi connectivity index (χ0n) is 18.3. The molecular formula is C25H21Cl2N3O4. The second-order valence-corrected chi connectivity index (χ2v) is 8.37. The molecule has 0 saturated carbocycles. The monoisotopic (exact) mass is 497 g/mol. The molecule has 0 unspecified atom stereocenters. The highest BCUT2D eigenvalue weighted by atomic mass is 35.5. The lowest BCUT2D eigenvalue weighted by Gasteiger charge is -2.26. The quantitative estimate of drug-likeness (QED) is 0.363. The molecule has 3 aromatic rings. The molecule has 0 atom stereocenters. The van der Waals surface area contributed by atoms with E-state index in [1.165, 1.54) is 6.08 Å². The zero-order chi connectivity index (χ0) is 24.2. The molecular weight excluding hydrogens is 477 g/mol. The summed E-state index contributed by atoms with van der Waals surface area (Å²) in [5.41, 5.74) is 1.93. The van der Waals surface area contributed by atoms with Crippen molar-refractivity contribution in [2.75, 3.05) is 11.5 Å². The molecule has 1 aliphatic heterocycles. The van der Waals surface area contributed by atoms with Gasteiger partial charge < -0.3 is 9.30 Å². The topological polar surface area (TPSA) is 80.6 Å². The van der Waals surface area contributed by atoms with Gasteiger partial charge in [-0.25, -0.2) is 9.69 Å². The van der Waals surface area contributed by atoms with Gasteiger partial charge in [0, 0.05) is 16.9 Å². The average molecular weight is 498 g/mol. The van der Waals surface area contributed by atoms with Crippen LogP contribution in [-0.4, -0.2) is 29.0 Å². The van der Waals surface area contributed by atoms with E-state index in [9.17, 15) is 14.4 Å². The highest BCUT2D eigenvalue weighted by Gasteiger charge is 2.36. The van der Waals surface area contributed by atoms with E-state index in [0.717, 1.165) is 16.9 Å². The summed E-state index contributed by atoms with van der Waals surface area (Å²) in [5.74, 6) is -0.925. The molecule has 1 fully saturated rings. The minimum absolute atomic E-state index is 0.138. The van der Waals surface area contributed by atoms with Gasteiger partial charge in [0.15, 0.2) is 0 Å². The number of imide groups is 2. The van der Waals surface area contributed by atoms with Crippen molar-refractivity contribution < 1.29 is 19.1 Å². The number of barbiturate groups is 1. The van der Waals surface area contributed by atoms with Gasteiger partial charge in [-0.3, -0.25) is 14.9 Å². The highest BCUT2D eigenvalue weighted by molar-refractivity contribution is 6.39. The first kappa shape index (κ1) is 23.6. The maximum absolute atomic E-state index is 13.1. The largest absolute Gasteiger partial charge is 0.490 e. The summed E-state index contributed by atoms with van der Waals surface area (Å²) in [7, 11) is 0. The molecule has 9 heteroatoms. The van der Waals surface area contributed by atoms with Gasteiger partial charge in [-0.05, 0) is 60.5 Å². The standard InChI is InChI=1S/C25H21Cl2N3O4/c1-2-16-5-8-18(9-6-16)30-24(32)20(23(31)28-25(30)33)15-19-4-3-11-29(19)12-13-34-22-10-7-17(26)14-21(22)27/h3-11,14-15H,2,12-13H2,1H3,(H,28,31,33)/b20-15+. The number of urea groups is 1. The Bertz CT molecular complexity index is 1280. The van der Waals surface area contributed by atoms with Crippen molar-refractivity contribution in [2.45, 2.75) is 19.9 Å². The van der Waals surface area contributed by atoms with Crippen molar-refractivity contribution in [3.63, 3.8) is 0 Å². The van der Waals surface area contributed by atoms with Crippen molar-refractivity contribution in [1.82, 2.24) is 9.88 Å². The van der Waals surface area contributed by atoms with E-state index in [1.54, 1.807) is 48.7 Å². The zero-order valence-corrected chi connectivity index (χ0v) is 19.8. The number of rotatable bonds is 7.